The number of sulfonamides is 1. The molecular weight excluding hydrogens is 414 g/mol. The molecule has 3 heterocycles. The molecule has 8 nitrogen and oxygen atoms in total. The van der Waals surface area contributed by atoms with Gasteiger partial charge in [-0.15, -0.1) is 10.2 Å². The zero-order valence-electron chi connectivity index (χ0n) is 15.5. The van der Waals surface area contributed by atoms with Crippen molar-refractivity contribution in [3.63, 3.8) is 0 Å². The molecule has 0 radical (unpaired) electrons. The van der Waals surface area contributed by atoms with Gasteiger partial charge in [0.05, 0.1) is 5.69 Å². The van der Waals surface area contributed by atoms with E-state index in [9.17, 15) is 17.2 Å². The first-order valence-electron chi connectivity index (χ1n) is 8.89. The van der Waals surface area contributed by atoms with E-state index < -0.39 is 21.7 Å². The van der Waals surface area contributed by atoms with Crippen molar-refractivity contribution in [3.05, 3.63) is 78.4 Å². The molecule has 4 rings (SSSR count). The van der Waals surface area contributed by atoms with Gasteiger partial charge in [-0.25, -0.2) is 22.2 Å². The SMILES string of the molecule is O=S(=O)(Nc1ccc(F)c(F)c1)c1ccc(NCCc2nnc3ccccn23)nc1. The minimum Gasteiger partial charge on any atom is -0.370 e. The van der Waals surface area contributed by atoms with Crippen LogP contribution in [0.5, 0.6) is 0 Å². The Morgan fingerprint density at radius 2 is 1.87 bits per heavy atom. The van der Waals surface area contributed by atoms with Gasteiger partial charge in [0.1, 0.15) is 16.5 Å². The molecule has 154 valence electrons. The number of aromatic nitrogens is 4. The topological polar surface area (TPSA) is 101 Å². The van der Waals surface area contributed by atoms with Crippen LogP contribution in [0.2, 0.25) is 0 Å². The largest absolute Gasteiger partial charge is 0.370 e. The molecular formula is C19H16F2N6O2S. The second-order valence-corrected chi connectivity index (χ2v) is 8.02. The van der Waals surface area contributed by atoms with Gasteiger partial charge in [-0.2, -0.15) is 0 Å². The summed E-state index contributed by atoms with van der Waals surface area (Å²) in [5.41, 5.74) is 0.672. The Bertz CT molecular complexity index is 1290. The smallest absolute Gasteiger partial charge is 0.263 e. The highest BCUT2D eigenvalue weighted by atomic mass is 32.2. The summed E-state index contributed by atoms with van der Waals surface area (Å²) < 4.78 is 55.1. The highest BCUT2D eigenvalue weighted by Crippen LogP contribution is 2.19. The van der Waals surface area contributed by atoms with Gasteiger partial charge in [-0.3, -0.25) is 9.12 Å². The number of benzene rings is 1. The summed E-state index contributed by atoms with van der Waals surface area (Å²) in [7, 11) is -3.99. The maximum absolute atomic E-state index is 13.3. The Hall–Kier alpha value is -3.60. The molecule has 0 bridgehead atoms. The van der Waals surface area contributed by atoms with Crippen molar-refractivity contribution in [1.82, 2.24) is 19.6 Å². The number of rotatable bonds is 7. The average molecular weight is 430 g/mol. The summed E-state index contributed by atoms with van der Waals surface area (Å²) in [4.78, 5) is 3.98. The third-order valence-corrected chi connectivity index (χ3v) is 5.62. The van der Waals surface area contributed by atoms with E-state index in [2.05, 4.69) is 25.2 Å². The predicted octanol–water partition coefficient (Wildman–Crippen LogP) is 2.86. The summed E-state index contributed by atoms with van der Waals surface area (Å²) in [6.45, 7) is 0.516. The van der Waals surface area contributed by atoms with Gasteiger partial charge in [0.25, 0.3) is 10.0 Å². The van der Waals surface area contributed by atoms with Crippen LogP contribution in [0.4, 0.5) is 20.3 Å². The quantitative estimate of drug-likeness (QED) is 0.468. The van der Waals surface area contributed by atoms with Gasteiger partial charge in [0.2, 0.25) is 0 Å². The number of hydrogen-bond donors (Lipinski definition) is 2. The second kappa shape index (κ2) is 8.03. The van der Waals surface area contributed by atoms with Crippen LogP contribution < -0.4 is 10.0 Å². The molecule has 0 saturated heterocycles. The number of pyridine rings is 2. The fourth-order valence-corrected chi connectivity index (χ4v) is 3.78. The molecule has 0 atom stereocenters. The molecule has 30 heavy (non-hydrogen) atoms. The van der Waals surface area contributed by atoms with Crippen LogP contribution >= 0.6 is 0 Å². The Kier molecular flexibility index (Phi) is 5.27. The average Bonchev–Trinajstić information content (AvgIpc) is 3.14. The van der Waals surface area contributed by atoms with Crippen LogP contribution in [-0.4, -0.2) is 34.5 Å². The van der Waals surface area contributed by atoms with Crippen molar-refractivity contribution in [2.75, 3.05) is 16.6 Å². The Balaban J connectivity index is 1.38. The van der Waals surface area contributed by atoms with Crippen molar-refractivity contribution in [2.45, 2.75) is 11.3 Å². The molecule has 2 N–H and O–H groups in total. The number of halogens is 2. The molecule has 0 aliphatic rings. The summed E-state index contributed by atoms with van der Waals surface area (Å²) in [5, 5.41) is 11.3. The summed E-state index contributed by atoms with van der Waals surface area (Å²) in [6.07, 6.45) is 3.64. The van der Waals surface area contributed by atoms with E-state index in [1.165, 1.54) is 18.3 Å². The molecule has 0 fully saturated rings. The molecule has 1 aromatic carbocycles. The van der Waals surface area contributed by atoms with E-state index in [0.717, 1.165) is 29.7 Å². The Morgan fingerprint density at radius 3 is 2.63 bits per heavy atom. The van der Waals surface area contributed by atoms with Crippen LogP contribution in [0.3, 0.4) is 0 Å². The lowest BCUT2D eigenvalue weighted by Gasteiger charge is -2.09. The molecule has 0 unspecified atom stereocenters. The van der Waals surface area contributed by atoms with Gasteiger partial charge in [-0.05, 0) is 36.4 Å². The number of fused-ring (bicyclic) bond motifs is 1. The monoisotopic (exact) mass is 430 g/mol. The normalized spacial score (nSPS) is 11.5. The van der Waals surface area contributed by atoms with E-state index in [1.807, 2.05) is 28.8 Å². The number of anilines is 2. The van der Waals surface area contributed by atoms with E-state index in [0.29, 0.717) is 18.8 Å². The van der Waals surface area contributed by atoms with Crippen LogP contribution in [-0.2, 0) is 16.4 Å². The lowest BCUT2D eigenvalue weighted by Crippen LogP contribution is -2.14. The minimum atomic E-state index is -3.99. The second-order valence-electron chi connectivity index (χ2n) is 6.34. The third kappa shape index (κ3) is 4.20. The van der Waals surface area contributed by atoms with E-state index in [1.54, 1.807) is 0 Å². The molecule has 4 aromatic rings. The highest BCUT2D eigenvalue weighted by molar-refractivity contribution is 7.92. The highest BCUT2D eigenvalue weighted by Gasteiger charge is 2.16. The van der Waals surface area contributed by atoms with Crippen molar-refractivity contribution < 1.29 is 17.2 Å². The Labute approximate surface area is 170 Å². The summed E-state index contributed by atoms with van der Waals surface area (Å²) in [6, 6.07) is 11.3. The first-order chi connectivity index (χ1) is 14.4. The molecule has 0 aliphatic carbocycles. The van der Waals surface area contributed by atoms with E-state index in [4.69, 9.17) is 0 Å². The summed E-state index contributed by atoms with van der Waals surface area (Å²) in [5.74, 6) is -0.939. The standard InChI is InChI=1S/C19H16F2N6O2S/c20-15-6-4-13(11-16(15)21)26-30(28,29)14-5-7-17(23-12-14)22-9-8-19-25-24-18-3-1-2-10-27(18)19/h1-7,10-12,26H,8-9H2,(H,22,23). The lowest BCUT2D eigenvalue weighted by molar-refractivity contribution is 0.509. The first kappa shape index (κ1) is 19.7. The van der Waals surface area contributed by atoms with Crippen LogP contribution in [0, 0.1) is 11.6 Å². The molecule has 11 heteroatoms. The molecule has 0 aliphatic heterocycles. The van der Waals surface area contributed by atoms with Gasteiger partial charge < -0.3 is 5.32 Å². The van der Waals surface area contributed by atoms with Gasteiger partial charge in [-0.1, -0.05) is 6.07 Å². The van der Waals surface area contributed by atoms with Gasteiger partial charge in [0.15, 0.2) is 17.3 Å². The molecule has 3 aromatic heterocycles. The first-order valence-corrected chi connectivity index (χ1v) is 10.4. The maximum Gasteiger partial charge on any atom is 0.263 e. The fraction of sp³-hybridized carbons (Fsp3) is 0.105. The molecule has 0 spiro atoms. The van der Waals surface area contributed by atoms with E-state index in [-0.39, 0.29) is 10.6 Å². The lowest BCUT2D eigenvalue weighted by atomic mass is 10.3. The zero-order valence-corrected chi connectivity index (χ0v) is 16.3. The van der Waals surface area contributed by atoms with E-state index >= 15 is 0 Å². The van der Waals surface area contributed by atoms with Crippen molar-refractivity contribution in [1.29, 1.82) is 0 Å². The van der Waals surface area contributed by atoms with Crippen molar-refractivity contribution in [2.24, 2.45) is 0 Å². The fourth-order valence-electron chi connectivity index (χ4n) is 2.78. The number of nitrogens with one attached hydrogen (secondary N) is 2. The van der Waals surface area contributed by atoms with Gasteiger partial charge >= 0.3 is 0 Å². The van der Waals surface area contributed by atoms with Crippen LogP contribution in [0.25, 0.3) is 5.65 Å². The van der Waals surface area contributed by atoms with Crippen LogP contribution in [0.1, 0.15) is 5.82 Å². The third-order valence-electron chi connectivity index (χ3n) is 4.26. The maximum atomic E-state index is 13.3. The molecule has 0 saturated carbocycles. The van der Waals surface area contributed by atoms with Gasteiger partial charge in [0, 0.05) is 31.4 Å². The number of hydrogen-bond acceptors (Lipinski definition) is 6. The minimum absolute atomic E-state index is 0.0864. The predicted molar refractivity (Wildman–Crippen MR) is 107 cm³/mol. The zero-order chi connectivity index (χ0) is 21.1. The summed E-state index contributed by atoms with van der Waals surface area (Å²) >= 11 is 0. The van der Waals surface area contributed by atoms with Crippen molar-refractivity contribution >= 4 is 27.2 Å². The molecule has 0 amide bonds. The van der Waals surface area contributed by atoms with Crippen LogP contribution in [0.15, 0.2) is 65.8 Å². The Morgan fingerprint density at radius 1 is 1.00 bits per heavy atom. The van der Waals surface area contributed by atoms with Crippen molar-refractivity contribution in [3.8, 4) is 0 Å². The number of nitrogens with zero attached hydrogens (tertiary/aromatic N) is 4.